The number of benzene rings is 1. The summed E-state index contributed by atoms with van der Waals surface area (Å²) in [5.41, 5.74) is 3.24. The molecule has 0 radical (unpaired) electrons. The number of hydrogen-bond donors (Lipinski definition) is 1. The second-order valence-corrected chi connectivity index (χ2v) is 6.52. The first-order valence-electron chi connectivity index (χ1n) is 8.63. The molecular weight excluding hydrogens is 304 g/mol. The number of nitrogens with zero attached hydrogens (tertiary/aromatic N) is 3. The minimum Gasteiger partial charge on any atom is -0.465 e. The van der Waals surface area contributed by atoms with Crippen LogP contribution in [0.3, 0.4) is 0 Å². The van der Waals surface area contributed by atoms with Crippen molar-refractivity contribution in [2.24, 2.45) is 0 Å². The molecule has 2 aromatic rings. The number of anilines is 1. The zero-order valence-corrected chi connectivity index (χ0v) is 14.7. The molecule has 3 rings (SSSR count). The predicted molar refractivity (Wildman–Crippen MR) is 95.5 cm³/mol. The van der Waals surface area contributed by atoms with E-state index in [4.69, 9.17) is 4.74 Å². The van der Waals surface area contributed by atoms with Crippen LogP contribution in [0, 0.1) is 0 Å². The van der Waals surface area contributed by atoms with Gasteiger partial charge in [-0.15, -0.1) is 0 Å². The highest BCUT2D eigenvalue weighted by Crippen LogP contribution is 2.25. The van der Waals surface area contributed by atoms with Crippen molar-refractivity contribution in [2.45, 2.75) is 26.2 Å². The number of fused-ring (bicyclic) bond motifs is 1. The summed E-state index contributed by atoms with van der Waals surface area (Å²) in [5.74, 6) is 0.750. The monoisotopic (exact) mass is 330 g/mol. The van der Waals surface area contributed by atoms with E-state index < -0.39 is 0 Å². The van der Waals surface area contributed by atoms with Crippen LogP contribution >= 0.6 is 0 Å². The van der Waals surface area contributed by atoms with Crippen molar-refractivity contribution in [3.05, 3.63) is 24.0 Å². The largest absolute Gasteiger partial charge is 0.465 e. The molecule has 1 aliphatic rings. The second kappa shape index (κ2) is 7.21. The van der Waals surface area contributed by atoms with E-state index in [1.54, 1.807) is 0 Å². The average molecular weight is 330 g/mol. The number of carbonyl (C=O) groups excluding carboxylic acids is 1. The minimum atomic E-state index is -0.248. The molecule has 0 saturated carbocycles. The van der Waals surface area contributed by atoms with Gasteiger partial charge in [-0.1, -0.05) is 6.92 Å². The van der Waals surface area contributed by atoms with E-state index in [1.165, 1.54) is 12.6 Å². The van der Waals surface area contributed by atoms with Crippen molar-refractivity contribution in [1.82, 2.24) is 14.9 Å². The Balaban J connectivity index is 1.79. The molecule has 6 heteroatoms. The number of hydrogen-bond acceptors (Lipinski definition) is 5. The highest BCUT2D eigenvalue weighted by molar-refractivity contribution is 5.79. The lowest BCUT2D eigenvalue weighted by atomic mass is 10.1. The minimum absolute atomic E-state index is 0.105. The molecule has 0 aliphatic carbocycles. The number of carbonyl (C=O) groups is 1. The summed E-state index contributed by atoms with van der Waals surface area (Å²) in [6.45, 7) is 8.17. The van der Waals surface area contributed by atoms with Crippen LogP contribution in [0.1, 0.15) is 32.0 Å². The van der Waals surface area contributed by atoms with Crippen LogP contribution in [0.25, 0.3) is 11.0 Å². The fraction of sp³-hybridized carbons (Fsp3) is 0.556. The number of piperazine rings is 1. The summed E-state index contributed by atoms with van der Waals surface area (Å²) in [6.07, 6.45) is 0.873. The van der Waals surface area contributed by atoms with Gasteiger partial charge in [0.05, 0.1) is 17.0 Å². The van der Waals surface area contributed by atoms with Gasteiger partial charge < -0.3 is 19.5 Å². The number of imidazole rings is 1. The first-order chi connectivity index (χ1) is 11.6. The quantitative estimate of drug-likeness (QED) is 0.853. The first-order valence-corrected chi connectivity index (χ1v) is 8.63. The molecule has 130 valence electrons. The molecule has 1 aromatic carbocycles. The molecule has 1 aliphatic heterocycles. The summed E-state index contributed by atoms with van der Waals surface area (Å²) in [5, 5.41) is 0. The summed E-state index contributed by atoms with van der Waals surface area (Å²) in [6, 6.07) is 6.39. The zero-order valence-electron chi connectivity index (χ0n) is 14.7. The van der Waals surface area contributed by atoms with Gasteiger partial charge in [-0.25, -0.2) is 4.98 Å². The summed E-state index contributed by atoms with van der Waals surface area (Å²) in [4.78, 5) is 23.9. The van der Waals surface area contributed by atoms with E-state index in [0.717, 1.165) is 49.5 Å². The van der Waals surface area contributed by atoms with Gasteiger partial charge in [0.2, 0.25) is 0 Å². The molecule has 1 atom stereocenters. The van der Waals surface area contributed by atoms with E-state index in [2.05, 4.69) is 51.9 Å². The second-order valence-electron chi connectivity index (χ2n) is 6.52. The Hall–Kier alpha value is -2.08. The summed E-state index contributed by atoms with van der Waals surface area (Å²) >= 11 is 0. The van der Waals surface area contributed by atoms with E-state index in [0.29, 0.717) is 6.61 Å². The van der Waals surface area contributed by atoms with Gasteiger partial charge in [-0.3, -0.25) is 4.79 Å². The summed E-state index contributed by atoms with van der Waals surface area (Å²) < 4.78 is 5.16. The third kappa shape index (κ3) is 3.70. The number of rotatable bonds is 5. The number of likely N-dealkylation sites (N-methyl/N-ethyl adjacent to an activating group) is 1. The Morgan fingerprint density at radius 1 is 1.33 bits per heavy atom. The van der Waals surface area contributed by atoms with Crippen molar-refractivity contribution in [1.29, 1.82) is 0 Å². The highest BCUT2D eigenvalue weighted by Gasteiger charge is 2.18. The number of H-pyrrole nitrogens is 1. The third-order valence-electron chi connectivity index (χ3n) is 4.72. The smallest absolute Gasteiger partial charge is 0.302 e. The summed E-state index contributed by atoms with van der Waals surface area (Å²) in [7, 11) is 2.16. The van der Waals surface area contributed by atoms with Crippen molar-refractivity contribution >= 4 is 22.7 Å². The Morgan fingerprint density at radius 2 is 2.08 bits per heavy atom. The van der Waals surface area contributed by atoms with Gasteiger partial charge in [0.25, 0.3) is 0 Å². The molecule has 1 saturated heterocycles. The lowest BCUT2D eigenvalue weighted by Crippen LogP contribution is -2.44. The zero-order chi connectivity index (χ0) is 17.1. The van der Waals surface area contributed by atoms with Crippen molar-refractivity contribution < 1.29 is 9.53 Å². The maximum atomic E-state index is 11.0. The number of esters is 1. The first kappa shape index (κ1) is 16.8. The average Bonchev–Trinajstić information content (AvgIpc) is 2.98. The molecular formula is C18H26N4O2. The predicted octanol–water partition coefficient (Wildman–Crippen LogP) is 2.37. The van der Waals surface area contributed by atoms with Crippen LogP contribution in [-0.4, -0.2) is 60.7 Å². The molecule has 1 fully saturated rings. The van der Waals surface area contributed by atoms with Crippen LogP contribution in [0.5, 0.6) is 0 Å². The SMILES string of the molecule is CCC(COC(C)=O)c1nc2ccc(N3CCN(C)CC3)cc2[nH]1. The maximum Gasteiger partial charge on any atom is 0.302 e. The molecule has 0 amide bonds. The molecule has 6 nitrogen and oxygen atoms in total. The van der Waals surface area contributed by atoms with Crippen molar-refractivity contribution in [3.63, 3.8) is 0 Å². The molecule has 1 unspecified atom stereocenters. The van der Waals surface area contributed by atoms with Crippen LogP contribution < -0.4 is 4.90 Å². The topological polar surface area (TPSA) is 61.5 Å². The van der Waals surface area contributed by atoms with E-state index in [1.807, 2.05) is 0 Å². The number of ether oxygens (including phenoxy) is 1. The lowest BCUT2D eigenvalue weighted by Gasteiger charge is -2.34. The Labute approximate surface area is 142 Å². The molecule has 0 spiro atoms. The van der Waals surface area contributed by atoms with E-state index in [-0.39, 0.29) is 11.9 Å². The van der Waals surface area contributed by atoms with Crippen LogP contribution in [0.2, 0.25) is 0 Å². The van der Waals surface area contributed by atoms with E-state index >= 15 is 0 Å². The van der Waals surface area contributed by atoms with Gasteiger partial charge in [-0.05, 0) is 31.7 Å². The standard InChI is InChI=1S/C18H26N4O2/c1-4-14(12-24-13(2)23)18-19-16-6-5-15(11-17(16)20-18)22-9-7-21(3)8-10-22/h5-6,11,14H,4,7-10,12H2,1-3H3,(H,19,20). The van der Waals surface area contributed by atoms with Crippen LogP contribution in [0.4, 0.5) is 5.69 Å². The van der Waals surface area contributed by atoms with Gasteiger partial charge in [0.15, 0.2) is 0 Å². The van der Waals surface area contributed by atoms with E-state index in [9.17, 15) is 4.79 Å². The Bertz CT molecular complexity index is 704. The fourth-order valence-corrected chi connectivity index (χ4v) is 3.08. The highest BCUT2D eigenvalue weighted by atomic mass is 16.5. The number of aromatic amines is 1. The Morgan fingerprint density at radius 3 is 2.75 bits per heavy atom. The van der Waals surface area contributed by atoms with Gasteiger partial charge in [0, 0.05) is 38.8 Å². The van der Waals surface area contributed by atoms with Gasteiger partial charge in [-0.2, -0.15) is 0 Å². The fourth-order valence-electron chi connectivity index (χ4n) is 3.08. The number of aromatic nitrogens is 2. The van der Waals surface area contributed by atoms with Crippen LogP contribution in [0.15, 0.2) is 18.2 Å². The van der Waals surface area contributed by atoms with Crippen molar-refractivity contribution in [2.75, 3.05) is 44.7 Å². The molecule has 1 aromatic heterocycles. The van der Waals surface area contributed by atoms with Crippen molar-refractivity contribution in [3.8, 4) is 0 Å². The van der Waals surface area contributed by atoms with Crippen LogP contribution in [-0.2, 0) is 9.53 Å². The molecule has 0 bridgehead atoms. The van der Waals surface area contributed by atoms with Gasteiger partial charge >= 0.3 is 5.97 Å². The number of nitrogens with one attached hydrogen (secondary N) is 1. The lowest BCUT2D eigenvalue weighted by molar-refractivity contribution is -0.141. The van der Waals surface area contributed by atoms with Gasteiger partial charge in [0.1, 0.15) is 12.4 Å². The normalized spacial score (nSPS) is 17.2. The maximum absolute atomic E-state index is 11.0. The molecule has 2 heterocycles. The molecule has 1 N–H and O–H groups in total. The Kier molecular flexibility index (Phi) is 5.04. The molecule has 24 heavy (non-hydrogen) atoms. The third-order valence-corrected chi connectivity index (χ3v) is 4.72.